The van der Waals surface area contributed by atoms with Crippen LogP contribution in [0.3, 0.4) is 0 Å². The van der Waals surface area contributed by atoms with Gasteiger partial charge in [0.2, 0.25) is 15.4 Å². The van der Waals surface area contributed by atoms with Crippen molar-refractivity contribution in [1.82, 2.24) is 0 Å². The quantitative estimate of drug-likeness (QED) is 0.801. The van der Waals surface area contributed by atoms with Crippen molar-refractivity contribution < 1.29 is 17.6 Å². The highest BCUT2D eigenvalue weighted by Crippen LogP contribution is 2.27. The summed E-state index contributed by atoms with van der Waals surface area (Å²) in [5.74, 6) is 0.454. The number of benzene rings is 2. The van der Waals surface area contributed by atoms with E-state index >= 15 is 0 Å². The topological polar surface area (TPSA) is 80.4 Å². The fraction of sp³-hybridized carbons (Fsp3) is 0.118. The summed E-state index contributed by atoms with van der Waals surface area (Å²) in [6.45, 7) is 1.88. The first-order valence-electron chi connectivity index (χ1n) is 6.90. The average Bonchev–Trinajstić information content (AvgIpc) is 2.54. The number of para-hydroxylation sites is 1. The van der Waals surface area contributed by atoms with Crippen molar-refractivity contribution in [3.8, 4) is 5.75 Å². The number of methoxy groups -OCH3 is 1. The van der Waals surface area contributed by atoms with E-state index in [0.717, 1.165) is 5.56 Å². The van der Waals surface area contributed by atoms with Crippen molar-refractivity contribution >= 4 is 20.8 Å². The summed E-state index contributed by atoms with van der Waals surface area (Å²) >= 11 is 0. The molecule has 0 aliphatic heterocycles. The SMILES string of the molecule is COc1cccc2cc(S(=O)(=O)c3ccc(C)cc3)c(=N)oc12. The Morgan fingerprint density at radius 3 is 2.43 bits per heavy atom. The van der Waals surface area contributed by atoms with Gasteiger partial charge in [0.15, 0.2) is 11.3 Å². The summed E-state index contributed by atoms with van der Waals surface area (Å²) in [5.41, 5.74) is 0.897. The first kappa shape index (κ1) is 15.3. The van der Waals surface area contributed by atoms with Crippen LogP contribution in [0.4, 0.5) is 0 Å². The number of aryl methyl sites for hydroxylation is 1. The molecule has 0 saturated carbocycles. The molecule has 3 rings (SSSR count). The van der Waals surface area contributed by atoms with Crippen LogP contribution in [0.5, 0.6) is 5.75 Å². The van der Waals surface area contributed by atoms with E-state index in [2.05, 4.69) is 0 Å². The molecule has 3 aromatic rings. The van der Waals surface area contributed by atoms with Gasteiger partial charge in [-0.15, -0.1) is 0 Å². The lowest BCUT2D eigenvalue weighted by Crippen LogP contribution is -2.14. The fourth-order valence-corrected chi connectivity index (χ4v) is 3.64. The molecule has 0 spiro atoms. The van der Waals surface area contributed by atoms with E-state index in [0.29, 0.717) is 16.7 Å². The molecule has 6 heteroatoms. The Labute approximate surface area is 133 Å². The Balaban J connectivity index is 2.26. The molecule has 0 saturated heterocycles. The van der Waals surface area contributed by atoms with Gasteiger partial charge in [0.25, 0.3) is 0 Å². The molecule has 1 aromatic heterocycles. The predicted octanol–water partition coefficient (Wildman–Crippen LogP) is 3.06. The highest BCUT2D eigenvalue weighted by atomic mass is 32.2. The van der Waals surface area contributed by atoms with E-state index in [1.54, 1.807) is 30.3 Å². The first-order valence-corrected chi connectivity index (χ1v) is 8.39. The molecule has 1 heterocycles. The van der Waals surface area contributed by atoms with Crippen molar-refractivity contribution in [1.29, 1.82) is 5.41 Å². The number of fused-ring (bicyclic) bond motifs is 1. The number of sulfone groups is 1. The summed E-state index contributed by atoms with van der Waals surface area (Å²) in [7, 11) is -2.33. The van der Waals surface area contributed by atoms with Crippen LogP contribution in [0.1, 0.15) is 5.56 Å². The van der Waals surface area contributed by atoms with Gasteiger partial charge < -0.3 is 9.15 Å². The minimum absolute atomic E-state index is 0.133. The first-order chi connectivity index (χ1) is 10.9. The molecule has 2 aromatic carbocycles. The summed E-state index contributed by atoms with van der Waals surface area (Å²) in [6, 6.07) is 13.1. The van der Waals surface area contributed by atoms with Crippen molar-refractivity contribution in [3.63, 3.8) is 0 Å². The van der Waals surface area contributed by atoms with Gasteiger partial charge in [0.1, 0.15) is 4.90 Å². The molecule has 5 nitrogen and oxygen atoms in total. The van der Waals surface area contributed by atoms with Gasteiger partial charge in [-0.3, -0.25) is 5.41 Å². The lowest BCUT2D eigenvalue weighted by molar-refractivity contribution is 0.402. The van der Waals surface area contributed by atoms with E-state index in [1.807, 2.05) is 6.92 Å². The second-order valence-corrected chi connectivity index (χ2v) is 7.05. The fourth-order valence-electron chi connectivity index (χ4n) is 2.32. The van der Waals surface area contributed by atoms with Crippen LogP contribution in [0, 0.1) is 12.3 Å². The summed E-state index contributed by atoms with van der Waals surface area (Å²) < 4.78 is 36.1. The third kappa shape index (κ3) is 2.61. The van der Waals surface area contributed by atoms with Crippen molar-refractivity contribution in [2.24, 2.45) is 0 Å². The zero-order valence-electron chi connectivity index (χ0n) is 12.7. The zero-order valence-corrected chi connectivity index (χ0v) is 13.5. The van der Waals surface area contributed by atoms with Crippen LogP contribution in [0.25, 0.3) is 11.0 Å². The van der Waals surface area contributed by atoms with E-state index in [-0.39, 0.29) is 9.79 Å². The number of ether oxygens (including phenoxy) is 1. The minimum Gasteiger partial charge on any atom is -0.493 e. The summed E-state index contributed by atoms with van der Waals surface area (Å²) in [4.78, 5) is -0.0313. The Morgan fingerprint density at radius 1 is 1.09 bits per heavy atom. The maximum Gasteiger partial charge on any atom is 0.231 e. The van der Waals surface area contributed by atoms with Gasteiger partial charge in [0, 0.05) is 5.39 Å². The Hall–Kier alpha value is -2.60. The van der Waals surface area contributed by atoms with E-state index in [9.17, 15) is 8.42 Å². The lowest BCUT2D eigenvalue weighted by Gasteiger charge is -2.08. The highest BCUT2D eigenvalue weighted by Gasteiger charge is 2.22. The van der Waals surface area contributed by atoms with Crippen molar-refractivity contribution in [3.05, 3.63) is 59.6 Å². The lowest BCUT2D eigenvalue weighted by atomic mass is 10.2. The van der Waals surface area contributed by atoms with Crippen LogP contribution >= 0.6 is 0 Å². The highest BCUT2D eigenvalue weighted by molar-refractivity contribution is 7.91. The van der Waals surface area contributed by atoms with E-state index in [1.165, 1.54) is 25.3 Å². The van der Waals surface area contributed by atoms with Crippen LogP contribution in [0.2, 0.25) is 0 Å². The van der Waals surface area contributed by atoms with Crippen molar-refractivity contribution in [2.75, 3.05) is 7.11 Å². The predicted molar refractivity (Wildman–Crippen MR) is 85.3 cm³/mol. The maximum atomic E-state index is 12.8. The summed E-state index contributed by atoms with van der Waals surface area (Å²) in [6.07, 6.45) is 0. The number of hydrogen-bond acceptors (Lipinski definition) is 5. The van der Waals surface area contributed by atoms with Gasteiger partial charge in [-0.2, -0.15) is 0 Å². The second kappa shape index (κ2) is 5.55. The molecule has 0 atom stereocenters. The van der Waals surface area contributed by atoms with Crippen LogP contribution in [-0.4, -0.2) is 15.5 Å². The average molecular weight is 329 g/mol. The van der Waals surface area contributed by atoms with E-state index < -0.39 is 15.4 Å². The largest absolute Gasteiger partial charge is 0.493 e. The normalized spacial score (nSPS) is 11.6. The summed E-state index contributed by atoms with van der Waals surface area (Å²) in [5, 5.41) is 8.53. The molecule has 1 N–H and O–H groups in total. The monoisotopic (exact) mass is 329 g/mol. The molecule has 118 valence electrons. The molecule has 0 bridgehead atoms. The van der Waals surface area contributed by atoms with Gasteiger partial charge in [0.05, 0.1) is 12.0 Å². The molecule has 23 heavy (non-hydrogen) atoms. The van der Waals surface area contributed by atoms with Gasteiger partial charge >= 0.3 is 0 Å². The Kier molecular flexibility index (Phi) is 3.69. The standard InChI is InChI=1S/C17H15NO4S/c1-11-6-8-13(9-7-11)23(19,20)15-10-12-4-3-5-14(21-2)16(12)22-17(15)18/h3-10,18H,1-2H3. The van der Waals surface area contributed by atoms with Gasteiger partial charge in [-0.05, 0) is 31.2 Å². The molecule has 0 amide bonds. The third-order valence-corrected chi connectivity index (χ3v) is 5.34. The Morgan fingerprint density at radius 2 is 1.78 bits per heavy atom. The van der Waals surface area contributed by atoms with Crippen molar-refractivity contribution in [2.45, 2.75) is 16.7 Å². The van der Waals surface area contributed by atoms with Gasteiger partial charge in [-0.25, -0.2) is 8.42 Å². The maximum absolute atomic E-state index is 12.8. The van der Waals surface area contributed by atoms with Crippen LogP contribution in [-0.2, 0) is 9.84 Å². The number of hydrogen-bond donors (Lipinski definition) is 1. The minimum atomic E-state index is -3.82. The molecule has 0 fully saturated rings. The molecular formula is C17H15NO4S. The van der Waals surface area contributed by atoms with Crippen LogP contribution < -0.4 is 10.3 Å². The Bertz CT molecular complexity index is 1030. The number of rotatable bonds is 3. The molecule has 0 aliphatic rings. The third-order valence-electron chi connectivity index (χ3n) is 3.56. The van der Waals surface area contributed by atoms with Crippen LogP contribution in [0.15, 0.2) is 62.7 Å². The van der Waals surface area contributed by atoms with Gasteiger partial charge in [-0.1, -0.05) is 29.8 Å². The molecule has 0 unspecified atom stereocenters. The second-order valence-electron chi connectivity index (χ2n) is 5.13. The zero-order chi connectivity index (χ0) is 16.6. The molecular weight excluding hydrogens is 314 g/mol. The van der Waals surface area contributed by atoms with E-state index in [4.69, 9.17) is 14.6 Å². The smallest absolute Gasteiger partial charge is 0.231 e. The molecule has 0 radical (unpaired) electrons. The molecule has 0 aliphatic carbocycles. The number of nitrogens with one attached hydrogen (secondary N) is 1.